The summed E-state index contributed by atoms with van der Waals surface area (Å²) in [7, 11) is 0. The van der Waals surface area contributed by atoms with Gasteiger partial charge in [0.05, 0.1) is 42.7 Å². The summed E-state index contributed by atoms with van der Waals surface area (Å²) in [5.41, 5.74) is 2.49. The van der Waals surface area contributed by atoms with Crippen molar-refractivity contribution in [1.29, 1.82) is 5.26 Å². The van der Waals surface area contributed by atoms with Gasteiger partial charge < -0.3 is 15.7 Å². The summed E-state index contributed by atoms with van der Waals surface area (Å²) in [4.78, 5) is 21.0. The molecule has 2 amide bonds. The molecule has 1 atom stereocenters. The molecule has 37 heavy (non-hydrogen) atoms. The maximum atomic E-state index is 14.6. The first kappa shape index (κ1) is 25.6. The van der Waals surface area contributed by atoms with E-state index >= 15 is 0 Å². The Hall–Kier alpha value is -4.44. The van der Waals surface area contributed by atoms with Gasteiger partial charge in [-0.1, -0.05) is 0 Å². The van der Waals surface area contributed by atoms with Crippen LogP contribution in [0.15, 0.2) is 29.5 Å². The van der Waals surface area contributed by atoms with Crippen molar-refractivity contribution in [2.45, 2.75) is 32.9 Å². The van der Waals surface area contributed by atoms with Gasteiger partial charge in [-0.3, -0.25) is 4.68 Å². The van der Waals surface area contributed by atoms with Crippen LogP contribution in [-0.2, 0) is 6.54 Å². The number of hydrogen-bond donors (Lipinski definition) is 3. The molecule has 3 N–H and O–H groups in total. The molecule has 192 valence electrons. The van der Waals surface area contributed by atoms with E-state index in [2.05, 4.69) is 30.8 Å². The van der Waals surface area contributed by atoms with Crippen LogP contribution in [0.3, 0.4) is 0 Å². The number of aliphatic hydroxyl groups is 1. The smallest absolute Gasteiger partial charge is 0.338 e. The molecule has 0 saturated carbocycles. The van der Waals surface area contributed by atoms with Crippen LogP contribution in [0.25, 0.3) is 11.3 Å². The average Bonchev–Trinajstić information content (AvgIpc) is 3.47. The zero-order chi connectivity index (χ0) is 26.5. The average molecular weight is 510 g/mol. The fourth-order valence-corrected chi connectivity index (χ4v) is 4.16. The maximum Gasteiger partial charge on any atom is 0.338 e. The van der Waals surface area contributed by atoms with E-state index in [9.17, 15) is 18.7 Å². The number of carbonyl (C=O) groups is 1. The lowest BCUT2D eigenvalue weighted by atomic mass is 10.0. The maximum absolute atomic E-state index is 14.6. The zero-order valence-corrected chi connectivity index (χ0v) is 20.2. The Morgan fingerprint density at radius 2 is 2.08 bits per heavy atom. The Bertz CT molecular complexity index is 1380. The lowest BCUT2D eigenvalue weighted by molar-refractivity contribution is 0.186. The fourth-order valence-electron chi connectivity index (χ4n) is 4.16. The number of nitrogens with zero attached hydrogens (tertiary/aromatic N) is 7. The largest absolute Gasteiger partial charge is 0.394 e. The predicted molar refractivity (Wildman–Crippen MR) is 130 cm³/mol. The number of aliphatic hydroxyl groups excluding tert-OH is 1. The highest BCUT2D eigenvalue weighted by atomic mass is 19.1. The second-order valence-corrected chi connectivity index (χ2v) is 8.32. The molecule has 11 nitrogen and oxygen atoms in total. The molecule has 0 fully saturated rings. The van der Waals surface area contributed by atoms with Crippen molar-refractivity contribution in [2.75, 3.05) is 25.0 Å². The highest BCUT2D eigenvalue weighted by molar-refractivity contribution is 5.78. The lowest BCUT2D eigenvalue weighted by Crippen LogP contribution is -2.39. The van der Waals surface area contributed by atoms with Crippen molar-refractivity contribution >= 4 is 18.2 Å². The minimum absolute atomic E-state index is 0.0850. The molecular formula is C24H25F2N9O2. The third-order valence-electron chi connectivity index (χ3n) is 5.83. The molecule has 2 aromatic heterocycles. The number of aryl methyl sites for hydroxylation is 1. The Kier molecular flexibility index (Phi) is 7.69. The van der Waals surface area contributed by atoms with Gasteiger partial charge in [0.15, 0.2) is 5.82 Å². The third kappa shape index (κ3) is 5.54. The van der Waals surface area contributed by atoms with E-state index in [1.165, 1.54) is 17.1 Å². The summed E-state index contributed by atoms with van der Waals surface area (Å²) < 4.78 is 30.0. The lowest BCUT2D eigenvalue weighted by Gasteiger charge is -2.22. The van der Waals surface area contributed by atoms with E-state index in [0.717, 1.165) is 12.3 Å². The molecule has 3 heterocycles. The van der Waals surface area contributed by atoms with E-state index in [1.807, 2.05) is 6.07 Å². The van der Waals surface area contributed by atoms with Crippen molar-refractivity contribution in [3.63, 3.8) is 0 Å². The molecule has 1 aromatic carbocycles. The molecule has 4 rings (SSSR count). The van der Waals surface area contributed by atoms with Crippen LogP contribution >= 0.6 is 0 Å². The van der Waals surface area contributed by atoms with Gasteiger partial charge in [0.25, 0.3) is 0 Å². The second-order valence-electron chi connectivity index (χ2n) is 8.32. The number of amides is 2. The molecule has 0 aliphatic carbocycles. The Balaban J connectivity index is 1.38. The quantitative estimate of drug-likeness (QED) is 0.396. The summed E-state index contributed by atoms with van der Waals surface area (Å²) in [5, 5.41) is 33.6. The summed E-state index contributed by atoms with van der Waals surface area (Å²) in [6.45, 7) is 4.10. The number of rotatable bonds is 8. The minimum Gasteiger partial charge on any atom is -0.394 e. The number of anilines is 1. The van der Waals surface area contributed by atoms with Crippen LogP contribution < -0.4 is 10.6 Å². The molecule has 0 unspecified atom stereocenters. The SMILES string of the molecule is Cc1nn(CCO)c(C)c1-c1nc(NCCNC(=O)N2N=CC[C@H]2c2cc(F)cc(C#N)c2)ncc1F. The van der Waals surface area contributed by atoms with Crippen LogP contribution in [0, 0.1) is 36.8 Å². The molecule has 13 heteroatoms. The van der Waals surface area contributed by atoms with E-state index in [0.29, 0.717) is 28.9 Å². The van der Waals surface area contributed by atoms with Crippen LogP contribution in [0.5, 0.6) is 0 Å². The fraction of sp³-hybridized carbons (Fsp3) is 0.333. The van der Waals surface area contributed by atoms with Gasteiger partial charge in [0.2, 0.25) is 5.95 Å². The number of benzene rings is 1. The number of hydrazone groups is 1. The van der Waals surface area contributed by atoms with Crippen molar-refractivity contribution in [3.8, 4) is 17.3 Å². The molecule has 0 bridgehead atoms. The summed E-state index contributed by atoms with van der Waals surface area (Å²) in [6.07, 6.45) is 3.00. The molecule has 1 aliphatic rings. The topological polar surface area (TPSA) is 144 Å². The molecule has 0 radical (unpaired) electrons. The summed E-state index contributed by atoms with van der Waals surface area (Å²) in [5.74, 6) is -1.00. The molecule has 0 saturated heterocycles. The van der Waals surface area contributed by atoms with Gasteiger partial charge in [-0.25, -0.2) is 28.6 Å². The Labute approximate surface area is 211 Å². The van der Waals surface area contributed by atoms with Crippen LogP contribution in [-0.4, -0.2) is 61.8 Å². The number of urea groups is 1. The first-order chi connectivity index (χ1) is 17.8. The normalized spacial score (nSPS) is 14.6. The zero-order valence-electron chi connectivity index (χ0n) is 20.2. The predicted octanol–water partition coefficient (Wildman–Crippen LogP) is 2.65. The minimum atomic E-state index is -0.608. The molecular weight excluding hydrogens is 484 g/mol. The van der Waals surface area contributed by atoms with Crippen molar-refractivity contribution in [2.24, 2.45) is 5.10 Å². The van der Waals surface area contributed by atoms with Crippen molar-refractivity contribution in [3.05, 3.63) is 58.5 Å². The number of aromatic nitrogens is 4. The summed E-state index contributed by atoms with van der Waals surface area (Å²) in [6, 6.07) is 4.82. The van der Waals surface area contributed by atoms with Gasteiger partial charge in [-0.15, -0.1) is 0 Å². The second kappa shape index (κ2) is 11.1. The molecule has 1 aliphatic heterocycles. The number of hydrogen-bond acceptors (Lipinski definition) is 8. The van der Waals surface area contributed by atoms with Crippen molar-refractivity contribution in [1.82, 2.24) is 30.1 Å². The van der Waals surface area contributed by atoms with Gasteiger partial charge in [-0.2, -0.15) is 15.5 Å². The van der Waals surface area contributed by atoms with Gasteiger partial charge >= 0.3 is 6.03 Å². The van der Waals surface area contributed by atoms with E-state index < -0.39 is 23.7 Å². The highest BCUT2D eigenvalue weighted by Gasteiger charge is 2.29. The highest BCUT2D eigenvalue weighted by Crippen LogP contribution is 2.30. The number of nitriles is 1. The molecule has 3 aromatic rings. The number of nitrogens with one attached hydrogen (secondary N) is 2. The monoisotopic (exact) mass is 509 g/mol. The first-order valence-electron chi connectivity index (χ1n) is 11.5. The Morgan fingerprint density at radius 1 is 1.27 bits per heavy atom. The van der Waals surface area contributed by atoms with Crippen LogP contribution in [0.1, 0.15) is 35.0 Å². The first-order valence-corrected chi connectivity index (χ1v) is 11.5. The number of carbonyl (C=O) groups excluding carboxylic acids is 1. The van der Waals surface area contributed by atoms with E-state index in [1.54, 1.807) is 24.7 Å². The van der Waals surface area contributed by atoms with E-state index in [-0.39, 0.29) is 43.4 Å². The van der Waals surface area contributed by atoms with Gasteiger partial charge in [-0.05, 0) is 37.6 Å². The number of halogens is 2. The van der Waals surface area contributed by atoms with Crippen molar-refractivity contribution < 1.29 is 18.7 Å². The van der Waals surface area contributed by atoms with Gasteiger partial charge in [0.1, 0.15) is 11.5 Å². The standard InChI is InChI=1S/C24H25F2N9O2/c1-14-21(15(2)34(33-14)7-8-36)22-19(26)13-30-23(32-22)28-5-6-29-24(37)35-20(3-4-31-35)17-9-16(12-27)10-18(25)11-17/h4,9-11,13,20,36H,3,5-8H2,1-2H3,(H,29,37)(H,28,30,32)/t20-/m0/s1. The third-order valence-corrected chi connectivity index (χ3v) is 5.83. The van der Waals surface area contributed by atoms with Crippen LogP contribution in [0.2, 0.25) is 0 Å². The summed E-state index contributed by atoms with van der Waals surface area (Å²) >= 11 is 0. The Morgan fingerprint density at radius 3 is 2.84 bits per heavy atom. The van der Waals surface area contributed by atoms with E-state index in [4.69, 9.17) is 5.26 Å². The molecule has 0 spiro atoms. The van der Waals surface area contributed by atoms with Crippen LogP contribution in [0.4, 0.5) is 19.5 Å². The van der Waals surface area contributed by atoms with Gasteiger partial charge in [0, 0.05) is 37.0 Å².